The third-order valence-corrected chi connectivity index (χ3v) is 3.22. The van der Waals surface area contributed by atoms with Gasteiger partial charge in [-0.05, 0) is 19.1 Å². The van der Waals surface area contributed by atoms with Crippen LogP contribution in [0.2, 0.25) is 0 Å². The molecule has 1 unspecified atom stereocenters. The maximum atomic E-state index is 11.5. The van der Waals surface area contributed by atoms with Crippen molar-refractivity contribution in [3.05, 3.63) is 6.42 Å². The Kier molecular flexibility index (Phi) is 4.94. The van der Waals surface area contributed by atoms with Crippen LogP contribution in [0.25, 0.3) is 0 Å². The van der Waals surface area contributed by atoms with E-state index in [9.17, 15) is 9.59 Å². The summed E-state index contributed by atoms with van der Waals surface area (Å²) in [6.07, 6.45) is 5.61. The molecule has 2 amide bonds. The Balaban J connectivity index is 2.48. The van der Waals surface area contributed by atoms with E-state index in [-0.39, 0.29) is 11.9 Å². The summed E-state index contributed by atoms with van der Waals surface area (Å²) in [5.41, 5.74) is 5.07. The van der Waals surface area contributed by atoms with Gasteiger partial charge in [-0.3, -0.25) is 9.59 Å². The van der Waals surface area contributed by atoms with Crippen LogP contribution < -0.4 is 5.73 Å². The van der Waals surface area contributed by atoms with Gasteiger partial charge in [0.1, 0.15) is 0 Å². The molecule has 1 saturated heterocycles. The van der Waals surface area contributed by atoms with Gasteiger partial charge < -0.3 is 10.6 Å². The molecule has 85 valence electrons. The molecule has 0 aromatic rings. The number of nitrogens with zero attached hydrogens (tertiary/aromatic N) is 1. The van der Waals surface area contributed by atoms with Crippen LogP contribution in [0.1, 0.15) is 19.3 Å². The van der Waals surface area contributed by atoms with Gasteiger partial charge in [-0.25, -0.2) is 0 Å². The third kappa shape index (κ3) is 3.74. The zero-order chi connectivity index (χ0) is 11.3. The van der Waals surface area contributed by atoms with Crippen molar-refractivity contribution < 1.29 is 9.59 Å². The van der Waals surface area contributed by atoms with E-state index in [2.05, 4.69) is 0 Å². The van der Waals surface area contributed by atoms with E-state index in [0.717, 1.165) is 18.7 Å². The number of likely N-dealkylation sites (tertiary alicyclic amines) is 1. The summed E-state index contributed by atoms with van der Waals surface area (Å²) in [5.74, 6) is 0.648. The minimum atomic E-state index is -0.409. The Morgan fingerprint density at radius 2 is 2.47 bits per heavy atom. The van der Waals surface area contributed by atoms with Gasteiger partial charge in [0.05, 0.1) is 6.42 Å². The minimum absolute atomic E-state index is 0.127. The highest BCUT2D eigenvalue weighted by molar-refractivity contribution is 7.98. The molecule has 0 bridgehead atoms. The van der Waals surface area contributed by atoms with Crippen molar-refractivity contribution >= 4 is 23.6 Å². The first-order valence-electron chi connectivity index (χ1n) is 5.06. The van der Waals surface area contributed by atoms with E-state index in [0.29, 0.717) is 12.8 Å². The zero-order valence-corrected chi connectivity index (χ0v) is 9.76. The molecular formula is C10H17N2O2S. The summed E-state index contributed by atoms with van der Waals surface area (Å²) < 4.78 is 0. The van der Waals surface area contributed by atoms with E-state index < -0.39 is 5.91 Å². The third-order valence-electron chi connectivity index (χ3n) is 2.50. The van der Waals surface area contributed by atoms with Crippen LogP contribution in [0.5, 0.6) is 0 Å². The number of nitrogens with two attached hydrogens (primary N) is 1. The normalized spacial score (nSPS) is 18.2. The summed E-state index contributed by atoms with van der Waals surface area (Å²) in [6.45, 7) is 0.816. The summed E-state index contributed by atoms with van der Waals surface area (Å²) in [6, 6.07) is 0.127. The second-order valence-electron chi connectivity index (χ2n) is 3.64. The average molecular weight is 229 g/mol. The minimum Gasteiger partial charge on any atom is -0.369 e. The van der Waals surface area contributed by atoms with E-state index in [4.69, 9.17) is 5.73 Å². The van der Waals surface area contributed by atoms with Crippen LogP contribution in [0.15, 0.2) is 0 Å². The molecule has 0 aromatic carbocycles. The smallest absolute Gasteiger partial charge is 0.222 e. The van der Waals surface area contributed by atoms with E-state index >= 15 is 0 Å². The van der Waals surface area contributed by atoms with Gasteiger partial charge >= 0.3 is 0 Å². The summed E-state index contributed by atoms with van der Waals surface area (Å²) in [7, 11) is 0. The highest BCUT2D eigenvalue weighted by Gasteiger charge is 2.27. The van der Waals surface area contributed by atoms with Gasteiger partial charge in [0.15, 0.2) is 0 Å². The van der Waals surface area contributed by atoms with Gasteiger partial charge in [-0.2, -0.15) is 11.8 Å². The van der Waals surface area contributed by atoms with Crippen LogP contribution in [-0.4, -0.2) is 41.3 Å². The van der Waals surface area contributed by atoms with Gasteiger partial charge in [-0.1, -0.05) is 0 Å². The van der Waals surface area contributed by atoms with Crippen molar-refractivity contribution in [2.75, 3.05) is 18.6 Å². The molecule has 1 aliphatic heterocycles. The lowest BCUT2D eigenvalue weighted by atomic mass is 10.1. The highest BCUT2D eigenvalue weighted by atomic mass is 32.2. The largest absolute Gasteiger partial charge is 0.369 e. The fourth-order valence-corrected chi connectivity index (χ4v) is 2.49. The molecule has 1 rings (SSSR count). The maximum absolute atomic E-state index is 11.5. The Hall–Kier alpha value is -0.710. The van der Waals surface area contributed by atoms with Crippen molar-refractivity contribution in [3.63, 3.8) is 0 Å². The van der Waals surface area contributed by atoms with Gasteiger partial charge in [0, 0.05) is 24.8 Å². The van der Waals surface area contributed by atoms with Crippen molar-refractivity contribution in [1.82, 2.24) is 4.90 Å². The number of thioether (sulfide) groups is 1. The number of rotatable bonds is 6. The number of carbonyl (C=O) groups is 2. The van der Waals surface area contributed by atoms with E-state index in [1.807, 2.05) is 11.2 Å². The molecule has 2 N–H and O–H groups in total. The van der Waals surface area contributed by atoms with Crippen LogP contribution in [0.4, 0.5) is 0 Å². The Morgan fingerprint density at radius 3 is 2.93 bits per heavy atom. The topological polar surface area (TPSA) is 63.4 Å². The van der Waals surface area contributed by atoms with Crippen LogP contribution in [0.3, 0.4) is 0 Å². The fourth-order valence-electron chi connectivity index (χ4n) is 1.78. The molecule has 15 heavy (non-hydrogen) atoms. The number of hydrogen-bond acceptors (Lipinski definition) is 3. The number of primary amides is 1. The molecule has 4 nitrogen and oxygen atoms in total. The number of carbonyl (C=O) groups excluding carboxylic acids is 2. The predicted octanol–water partition coefficient (Wildman–Crippen LogP) is 0.420. The maximum Gasteiger partial charge on any atom is 0.222 e. The summed E-state index contributed by atoms with van der Waals surface area (Å²) >= 11 is 1.68. The SMILES string of the molecule is CSCC(C[CH]C(N)=O)N1CCCC1=O. The van der Waals surface area contributed by atoms with Crippen molar-refractivity contribution in [1.29, 1.82) is 0 Å². The molecule has 0 aromatic heterocycles. The molecule has 5 heteroatoms. The quantitative estimate of drug-likeness (QED) is 0.718. The first kappa shape index (κ1) is 12.4. The summed E-state index contributed by atoms with van der Waals surface area (Å²) in [4.78, 5) is 24.1. The second kappa shape index (κ2) is 6.00. The summed E-state index contributed by atoms with van der Waals surface area (Å²) in [5, 5.41) is 0. The first-order chi connectivity index (χ1) is 7.15. The Labute approximate surface area is 94.6 Å². The lowest BCUT2D eigenvalue weighted by Gasteiger charge is -2.26. The standard InChI is InChI=1S/C10H17N2O2S/c1-15-7-8(4-5-9(11)13)12-6-2-3-10(12)14/h5,8H,2-4,6-7H2,1H3,(H2,11,13). The molecule has 1 heterocycles. The lowest BCUT2D eigenvalue weighted by Crippen LogP contribution is -2.38. The Morgan fingerprint density at radius 1 is 1.73 bits per heavy atom. The number of hydrogen-bond donors (Lipinski definition) is 1. The molecule has 1 atom stereocenters. The van der Waals surface area contributed by atoms with Gasteiger partial charge in [0.25, 0.3) is 0 Å². The molecule has 1 radical (unpaired) electrons. The number of amides is 2. The van der Waals surface area contributed by atoms with E-state index in [1.54, 1.807) is 11.8 Å². The van der Waals surface area contributed by atoms with Crippen LogP contribution >= 0.6 is 11.8 Å². The highest BCUT2D eigenvalue weighted by Crippen LogP contribution is 2.19. The molecule has 1 fully saturated rings. The molecule has 0 aliphatic carbocycles. The Bertz CT molecular complexity index is 246. The van der Waals surface area contributed by atoms with Crippen molar-refractivity contribution in [3.8, 4) is 0 Å². The van der Waals surface area contributed by atoms with E-state index in [1.165, 1.54) is 6.42 Å². The molecular weight excluding hydrogens is 212 g/mol. The first-order valence-corrected chi connectivity index (χ1v) is 6.45. The van der Waals surface area contributed by atoms with Gasteiger partial charge in [-0.15, -0.1) is 0 Å². The molecule has 1 aliphatic rings. The molecule has 0 saturated carbocycles. The monoisotopic (exact) mass is 229 g/mol. The predicted molar refractivity (Wildman–Crippen MR) is 61.2 cm³/mol. The molecule has 0 spiro atoms. The van der Waals surface area contributed by atoms with Crippen LogP contribution in [-0.2, 0) is 9.59 Å². The van der Waals surface area contributed by atoms with Crippen LogP contribution in [0, 0.1) is 6.42 Å². The zero-order valence-electron chi connectivity index (χ0n) is 8.94. The van der Waals surface area contributed by atoms with Crippen molar-refractivity contribution in [2.45, 2.75) is 25.3 Å². The van der Waals surface area contributed by atoms with Crippen molar-refractivity contribution in [2.24, 2.45) is 5.73 Å². The van der Waals surface area contributed by atoms with Gasteiger partial charge in [0.2, 0.25) is 11.8 Å². The average Bonchev–Trinajstić information content (AvgIpc) is 2.59. The fraction of sp³-hybridized carbons (Fsp3) is 0.700. The second-order valence-corrected chi connectivity index (χ2v) is 4.55. The lowest BCUT2D eigenvalue weighted by molar-refractivity contribution is -0.129.